The quantitative estimate of drug-likeness (QED) is 0.878. The van der Waals surface area contributed by atoms with Crippen molar-refractivity contribution in [3.63, 3.8) is 0 Å². The van der Waals surface area contributed by atoms with Crippen LogP contribution in [0.15, 0.2) is 30.6 Å². The summed E-state index contributed by atoms with van der Waals surface area (Å²) in [5.74, 6) is 0.540. The Labute approximate surface area is 128 Å². The van der Waals surface area contributed by atoms with Gasteiger partial charge in [0.2, 0.25) is 0 Å². The van der Waals surface area contributed by atoms with Crippen molar-refractivity contribution in [2.75, 3.05) is 6.54 Å². The Morgan fingerprint density at radius 3 is 2.29 bits per heavy atom. The van der Waals surface area contributed by atoms with Crippen molar-refractivity contribution in [2.24, 2.45) is 0 Å². The summed E-state index contributed by atoms with van der Waals surface area (Å²) in [5, 5.41) is 3.50. The Kier molecular flexibility index (Phi) is 5.18. The van der Waals surface area contributed by atoms with E-state index in [1.54, 1.807) is 0 Å². The minimum atomic E-state index is 0.540. The molecule has 2 rings (SSSR count). The molecule has 1 aromatic heterocycles. The van der Waals surface area contributed by atoms with Crippen molar-refractivity contribution in [1.82, 2.24) is 14.9 Å². The zero-order valence-corrected chi connectivity index (χ0v) is 13.9. The lowest BCUT2D eigenvalue weighted by atomic mass is 9.99. The maximum Gasteiger partial charge on any atom is 0.0954 e. The molecule has 21 heavy (non-hydrogen) atoms. The third-order valence-corrected chi connectivity index (χ3v) is 4.08. The van der Waals surface area contributed by atoms with Crippen LogP contribution >= 0.6 is 0 Å². The molecule has 2 aromatic rings. The normalized spacial score (nSPS) is 12.9. The standard InChI is InChI=1S/C18H27N3/c1-13(2)19-10-14(3)18-8-6-17(7-9-18)11-21-12-20-15(4)16(21)5/h6-9,12-14,19H,10-11H2,1-5H3. The summed E-state index contributed by atoms with van der Waals surface area (Å²) in [5.41, 5.74) is 5.07. The highest BCUT2D eigenvalue weighted by molar-refractivity contribution is 5.26. The molecule has 0 aliphatic rings. The van der Waals surface area contributed by atoms with E-state index >= 15 is 0 Å². The van der Waals surface area contributed by atoms with E-state index in [0.717, 1.165) is 18.8 Å². The molecule has 0 saturated carbocycles. The van der Waals surface area contributed by atoms with Gasteiger partial charge in [-0.05, 0) is 30.9 Å². The molecule has 1 atom stereocenters. The van der Waals surface area contributed by atoms with Gasteiger partial charge in [0.1, 0.15) is 0 Å². The number of benzene rings is 1. The number of aryl methyl sites for hydroxylation is 1. The minimum absolute atomic E-state index is 0.540. The van der Waals surface area contributed by atoms with Gasteiger partial charge in [0, 0.05) is 24.8 Å². The van der Waals surface area contributed by atoms with Crippen molar-refractivity contribution >= 4 is 0 Å². The Balaban J connectivity index is 2.00. The molecule has 1 aromatic carbocycles. The number of imidazole rings is 1. The lowest BCUT2D eigenvalue weighted by Crippen LogP contribution is -2.26. The second-order valence-electron chi connectivity index (χ2n) is 6.25. The fraction of sp³-hybridized carbons (Fsp3) is 0.500. The average molecular weight is 285 g/mol. The highest BCUT2D eigenvalue weighted by atomic mass is 15.0. The summed E-state index contributed by atoms with van der Waals surface area (Å²) in [6, 6.07) is 9.51. The second-order valence-corrected chi connectivity index (χ2v) is 6.25. The van der Waals surface area contributed by atoms with Crippen LogP contribution in [0, 0.1) is 13.8 Å². The van der Waals surface area contributed by atoms with Crippen molar-refractivity contribution < 1.29 is 0 Å². The van der Waals surface area contributed by atoms with Gasteiger partial charge >= 0.3 is 0 Å². The van der Waals surface area contributed by atoms with Gasteiger partial charge in [-0.15, -0.1) is 0 Å². The summed E-state index contributed by atoms with van der Waals surface area (Å²) in [4.78, 5) is 4.35. The van der Waals surface area contributed by atoms with Crippen LogP contribution < -0.4 is 5.32 Å². The van der Waals surface area contributed by atoms with E-state index in [1.807, 2.05) is 6.33 Å². The smallest absolute Gasteiger partial charge is 0.0954 e. The topological polar surface area (TPSA) is 29.9 Å². The zero-order chi connectivity index (χ0) is 15.4. The predicted octanol–water partition coefficient (Wildman–Crippen LogP) is 3.65. The zero-order valence-electron chi connectivity index (χ0n) is 13.9. The average Bonchev–Trinajstić information content (AvgIpc) is 2.77. The molecule has 0 saturated heterocycles. The Morgan fingerprint density at radius 2 is 1.76 bits per heavy atom. The number of nitrogens with one attached hydrogen (secondary N) is 1. The largest absolute Gasteiger partial charge is 0.330 e. The molecular weight excluding hydrogens is 258 g/mol. The molecular formula is C18H27N3. The highest BCUT2D eigenvalue weighted by Crippen LogP contribution is 2.16. The van der Waals surface area contributed by atoms with E-state index in [2.05, 4.69) is 73.8 Å². The number of aromatic nitrogens is 2. The monoisotopic (exact) mass is 285 g/mol. The van der Waals surface area contributed by atoms with E-state index in [4.69, 9.17) is 0 Å². The van der Waals surface area contributed by atoms with Gasteiger partial charge in [0.05, 0.1) is 12.0 Å². The lowest BCUT2D eigenvalue weighted by Gasteiger charge is -2.16. The second kappa shape index (κ2) is 6.90. The summed E-state index contributed by atoms with van der Waals surface area (Å²) in [6.07, 6.45) is 1.92. The molecule has 1 unspecified atom stereocenters. The first-order valence-electron chi connectivity index (χ1n) is 7.78. The number of hydrogen-bond donors (Lipinski definition) is 1. The summed E-state index contributed by atoms with van der Waals surface area (Å²) >= 11 is 0. The maximum absolute atomic E-state index is 4.35. The van der Waals surface area contributed by atoms with Crippen molar-refractivity contribution in [3.8, 4) is 0 Å². The van der Waals surface area contributed by atoms with Crippen LogP contribution in [-0.4, -0.2) is 22.1 Å². The lowest BCUT2D eigenvalue weighted by molar-refractivity contribution is 0.548. The molecule has 0 aliphatic heterocycles. The Hall–Kier alpha value is -1.61. The first-order valence-corrected chi connectivity index (χ1v) is 7.78. The first-order chi connectivity index (χ1) is 9.97. The summed E-state index contributed by atoms with van der Waals surface area (Å²) < 4.78 is 2.20. The molecule has 0 fully saturated rings. The van der Waals surface area contributed by atoms with Crippen LogP contribution in [0.4, 0.5) is 0 Å². The number of nitrogens with zero attached hydrogens (tertiary/aromatic N) is 2. The Morgan fingerprint density at radius 1 is 1.10 bits per heavy atom. The van der Waals surface area contributed by atoms with Crippen LogP contribution in [0.1, 0.15) is 49.2 Å². The van der Waals surface area contributed by atoms with Crippen LogP contribution in [0.3, 0.4) is 0 Å². The van der Waals surface area contributed by atoms with Gasteiger partial charge in [-0.25, -0.2) is 4.98 Å². The molecule has 0 aliphatic carbocycles. The van der Waals surface area contributed by atoms with Crippen LogP contribution in [-0.2, 0) is 6.54 Å². The summed E-state index contributed by atoms with van der Waals surface area (Å²) in [6.45, 7) is 12.7. The SMILES string of the molecule is Cc1ncn(Cc2ccc(C(C)CNC(C)C)cc2)c1C. The van der Waals surface area contributed by atoms with E-state index in [1.165, 1.54) is 16.8 Å². The van der Waals surface area contributed by atoms with Gasteiger partial charge in [-0.2, -0.15) is 0 Å². The third-order valence-electron chi connectivity index (χ3n) is 4.08. The Bertz CT molecular complexity index is 567. The maximum atomic E-state index is 4.35. The molecule has 1 N–H and O–H groups in total. The van der Waals surface area contributed by atoms with E-state index in [-0.39, 0.29) is 0 Å². The van der Waals surface area contributed by atoms with E-state index in [9.17, 15) is 0 Å². The fourth-order valence-corrected chi connectivity index (χ4v) is 2.38. The predicted molar refractivity (Wildman–Crippen MR) is 88.8 cm³/mol. The van der Waals surface area contributed by atoms with Crippen molar-refractivity contribution in [1.29, 1.82) is 0 Å². The molecule has 3 heteroatoms. The van der Waals surface area contributed by atoms with E-state index < -0.39 is 0 Å². The van der Waals surface area contributed by atoms with Gasteiger partial charge in [0.15, 0.2) is 0 Å². The van der Waals surface area contributed by atoms with Crippen molar-refractivity contribution in [3.05, 3.63) is 53.1 Å². The van der Waals surface area contributed by atoms with Crippen LogP contribution in [0.2, 0.25) is 0 Å². The van der Waals surface area contributed by atoms with E-state index in [0.29, 0.717) is 12.0 Å². The molecule has 1 heterocycles. The van der Waals surface area contributed by atoms with Gasteiger partial charge in [-0.3, -0.25) is 0 Å². The summed E-state index contributed by atoms with van der Waals surface area (Å²) in [7, 11) is 0. The third kappa shape index (κ3) is 4.18. The van der Waals surface area contributed by atoms with Gasteiger partial charge in [0.25, 0.3) is 0 Å². The van der Waals surface area contributed by atoms with Crippen LogP contribution in [0.25, 0.3) is 0 Å². The van der Waals surface area contributed by atoms with Gasteiger partial charge in [-0.1, -0.05) is 45.0 Å². The van der Waals surface area contributed by atoms with Gasteiger partial charge < -0.3 is 9.88 Å². The first kappa shape index (κ1) is 15.8. The molecule has 0 spiro atoms. The molecule has 3 nitrogen and oxygen atoms in total. The molecule has 0 bridgehead atoms. The number of rotatable bonds is 6. The highest BCUT2D eigenvalue weighted by Gasteiger charge is 2.07. The van der Waals surface area contributed by atoms with Crippen LogP contribution in [0.5, 0.6) is 0 Å². The van der Waals surface area contributed by atoms with Crippen molar-refractivity contribution in [2.45, 2.75) is 53.1 Å². The molecule has 114 valence electrons. The molecule has 0 amide bonds. The number of hydrogen-bond acceptors (Lipinski definition) is 2. The minimum Gasteiger partial charge on any atom is -0.330 e. The fourth-order valence-electron chi connectivity index (χ4n) is 2.38. The molecule has 0 radical (unpaired) electrons.